The lowest BCUT2D eigenvalue weighted by Crippen LogP contribution is -2.26. The average Bonchev–Trinajstić information content (AvgIpc) is 2.87. The maximum atomic E-state index is 12.7. The van der Waals surface area contributed by atoms with E-state index in [-0.39, 0.29) is 11.5 Å². The molecule has 8 heteroatoms. The van der Waals surface area contributed by atoms with E-state index in [4.69, 9.17) is 14.2 Å². The Morgan fingerprint density at radius 3 is 2.37 bits per heavy atom. The molecule has 0 saturated carbocycles. The molecular weight excluding hydrogens is 448 g/mol. The maximum absolute atomic E-state index is 12.7. The molecule has 3 aromatic carbocycles. The van der Waals surface area contributed by atoms with E-state index >= 15 is 0 Å². The van der Waals surface area contributed by atoms with Crippen molar-refractivity contribution in [1.29, 1.82) is 0 Å². The highest BCUT2D eigenvalue weighted by Crippen LogP contribution is 2.28. The summed E-state index contributed by atoms with van der Waals surface area (Å²) in [7, 11) is 1.50. The van der Waals surface area contributed by atoms with E-state index in [9.17, 15) is 14.4 Å². The first-order chi connectivity index (χ1) is 16.9. The standard InChI is InChI=1S/C27H28N2O6/c1-4-34-24-15-20(13-14-23(24)33-3)27(32)35-17-25(30)29-22-8-6-5-7-21(22)26(31)28-16-19-11-9-18(2)10-12-19/h5-15H,4,16-17H2,1-3H3,(H,28,31)(H,29,30). The molecule has 2 N–H and O–H groups in total. The molecule has 0 bridgehead atoms. The summed E-state index contributed by atoms with van der Waals surface area (Å²) in [4.78, 5) is 37.6. The summed E-state index contributed by atoms with van der Waals surface area (Å²) in [5.41, 5.74) is 2.94. The van der Waals surface area contributed by atoms with Gasteiger partial charge >= 0.3 is 5.97 Å². The monoisotopic (exact) mass is 476 g/mol. The molecule has 0 aliphatic carbocycles. The van der Waals surface area contributed by atoms with Gasteiger partial charge in [0, 0.05) is 6.54 Å². The van der Waals surface area contributed by atoms with E-state index in [0.29, 0.717) is 35.9 Å². The van der Waals surface area contributed by atoms with Crippen LogP contribution in [-0.2, 0) is 16.1 Å². The molecule has 3 aromatic rings. The van der Waals surface area contributed by atoms with Crippen molar-refractivity contribution in [3.63, 3.8) is 0 Å². The average molecular weight is 477 g/mol. The SMILES string of the molecule is CCOc1cc(C(=O)OCC(=O)Nc2ccccc2C(=O)NCc2ccc(C)cc2)ccc1OC. The topological polar surface area (TPSA) is 103 Å². The van der Waals surface area contributed by atoms with Crippen molar-refractivity contribution in [2.75, 3.05) is 25.6 Å². The molecule has 0 saturated heterocycles. The second-order valence-electron chi connectivity index (χ2n) is 7.64. The molecule has 0 spiro atoms. The first kappa shape index (κ1) is 25.3. The zero-order valence-corrected chi connectivity index (χ0v) is 19.9. The minimum atomic E-state index is -0.687. The fourth-order valence-corrected chi connectivity index (χ4v) is 3.25. The van der Waals surface area contributed by atoms with E-state index in [1.165, 1.54) is 19.2 Å². The number of methoxy groups -OCH3 is 1. The highest BCUT2D eigenvalue weighted by Gasteiger charge is 2.16. The van der Waals surface area contributed by atoms with Crippen LogP contribution >= 0.6 is 0 Å². The molecule has 182 valence electrons. The van der Waals surface area contributed by atoms with Crippen LogP contribution in [0.2, 0.25) is 0 Å². The predicted molar refractivity (Wildman–Crippen MR) is 132 cm³/mol. The molecule has 3 rings (SSSR count). The third kappa shape index (κ3) is 7.07. The summed E-state index contributed by atoms with van der Waals surface area (Å²) >= 11 is 0. The van der Waals surface area contributed by atoms with Crippen molar-refractivity contribution in [3.05, 3.63) is 89.0 Å². The maximum Gasteiger partial charge on any atom is 0.338 e. The van der Waals surface area contributed by atoms with Crippen molar-refractivity contribution >= 4 is 23.5 Å². The zero-order valence-electron chi connectivity index (χ0n) is 19.9. The summed E-state index contributed by atoms with van der Waals surface area (Å²) in [5.74, 6) is -0.707. The lowest BCUT2D eigenvalue weighted by molar-refractivity contribution is -0.119. The van der Waals surface area contributed by atoms with E-state index < -0.39 is 18.5 Å². The Balaban J connectivity index is 1.58. The number of nitrogens with one attached hydrogen (secondary N) is 2. The smallest absolute Gasteiger partial charge is 0.338 e. The second-order valence-corrected chi connectivity index (χ2v) is 7.64. The van der Waals surface area contributed by atoms with Crippen LogP contribution in [0.4, 0.5) is 5.69 Å². The number of para-hydroxylation sites is 1. The van der Waals surface area contributed by atoms with E-state index in [1.807, 2.05) is 38.1 Å². The van der Waals surface area contributed by atoms with Gasteiger partial charge in [-0.15, -0.1) is 0 Å². The van der Waals surface area contributed by atoms with Crippen LogP contribution in [0.15, 0.2) is 66.7 Å². The van der Waals surface area contributed by atoms with Crippen molar-refractivity contribution < 1.29 is 28.6 Å². The first-order valence-corrected chi connectivity index (χ1v) is 11.1. The van der Waals surface area contributed by atoms with E-state index in [1.54, 1.807) is 30.3 Å². The summed E-state index contributed by atoms with van der Waals surface area (Å²) in [5, 5.41) is 5.48. The van der Waals surface area contributed by atoms with E-state index in [0.717, 1.165) is 11.1 Å². The fourth-order valence-electron chi connectivity index (χ4n) is 3.25. The van der Waals surface area contributed by atoms with Gasteiger partial charge in [0.1, 0.15) is 0 Å². The summed E-state index contributed by atoms with van der Waals surface area (Å²) in [6, 6.07) is 19.1. The minimum Gasteiger partial charge on any atom is -0.493 e. The van der Waals surface area contributed by atoms with Gasteiger partial charge in [-0.25, -0.2) is 4.79 Å². The summed E-state index contributed by atoms with van der Waals surface area (Å²) in [6.07, 6.45) is 0. The zero-order chi connectivity index (χ0) is 25.2. The first-order valence-electron chi connectivity index (χ1n) is 11.1. The van der Waals surface area contributed by atoms with Gasteiger partial charge in [0.2, 0.25) is 0 Å². The number of esters is 1. The number of aryl methyl sites for hydroxylation is 1. The van der Waals surface area contributed by atoms with Crippen molar-refractivity contribution in [3.8, 4) is 11.5 Å². The largest absolute Gasteiger partial charge is 0.493 e. The number of anilines is 1. The molecule has 0 heterocycles. The highest BCUT2D eigenvalue weighted by molar-refractivity contribution is 6.04. The lowest BCUT2D eigenvalue weighted by atomic mass is 10.1. The molecule has 0 radical (unpaired) electrons. The number of carbonyl (C=O) groups excluding carboxylic acids is 3. The normalized spacial score (nSPS) is 10.3. The number of benzene rings is 3. The Morgan fingerprint density at radius 1 is 0.914 bits per heavy atom. The third-order valence-corrected chi connectivity index (χ3v) is 5.05. The Hall–Kier alpha value is -4.33. The van der Waals surface area contributed by atoms with Gasteiger partial charge in [0.25, 0.3) is 11.8 Å². The van der Waals surface area contributed by atoms with Crippen LogP contribution in [0, 0.1) is 6.92 Å². The quantitative estimate of drug-likeness (QED) is 0.427. The number of ether oxygens (including phenoxy) is 3. The molecule has 0 aromatic heterocycles. The van der Waals surface area contributed by atoms with Crippen molar-refractivity contribution in [2.45, 2.75) is 20.4 Å². The second kappa shape index (κ2) is 12.2. The Labute approximate surface area is 204 Å². The van der Waals surface area contributed by atoms with Crippen LogP contribution in [0.5, 0.6) is 11.5 Å². The third-order valence-electron chi connectivity index (χ3n) is 5.05. The molecule has 35 heavy (non-hydrogen) atoms. The molecule has 8 nitrogen and oxygen atoms in total. The fraction of sp³-hybridized carbons (Fsp3) is 0.222. The summed E-state index contributed by atoms with van der Waals surface area (Å²) in [6.45, 7) is 4.04. The van der Waals surface area contributed by atoms with Crippen LogP contribution in [-0.4, -0.2) is 38.1 Å². The van der Waals surface area contributed by atoms with Crippen LogP contribution < -0.4 is 20.1 Å². The predicted octanol–water partition coefficient (Wildman–Crippen LogP) is 4.13. The molecule has 2 amide bonds. The van der Waals surface area contributed by atoms with Crippen molar-refractivity contribution in [2.24, 2.45) is 0 Å². The van der Waals surface area contributed by atoms with Gasteiger partial charge in [0.05, 0.1) is 30.5 Å². The number of hydrogen-bond donors (Lipinski definition) is 2. The van der Waals surface area contributed by atoms with Gasteiger partial charge in [0.15, 0.2) is 18.1 Å². The molecule has 0 atom stereocenters. The Morgan fingerprint density at radius 2 is 1.66 bits per heavy atom. The number of rotatable bonds is 10. The van der Waals surface area contributed by atoms with Crippen LogP contribution in [0.3, 0.4) is 0 Å². The lowest BCUT2D eigenvalue weighted by Gasteiger charge is -2.13. The van der Waals surface area contributed by atoms with Gasteiger partial charge < -0.3 is 24.8 Å². The van der Waals surface area contributed by atoms with Gasteiger partial charge in [-0.05, 0) is 49.7 Å². The Kier molecular flexibility index (Phi) is 8.83. The van der Waals surface area contributed by atoms with Crippen molar-refractivity contribution in [1.82, 2.24) is 5.32 Å². The molecular formula is C27H28N2O6. The van der Waals surface area contributed by atoms with Gasteiger partial charge in [-0.3, -0.25) is 9.59 Å². The Bertz CT molecular complexity index is 1190. The molecule has 0 aliphatic rings. The number of amides is 2. The van der Waals surface area contributed by atoms with E-state index in [2.05, 4.69) is 10.6 Å². The molecule has 0 fully saturated rings. The van der Waals surface area contributed by atoms with Crippen LogP contribution in [0.25, 0.3) is 0 Å². The summed E-state index contributed by atoms with van der Waals surface area (Å²) < 4.78 is 15.8. The molecule has 0 aliphatic heterocycles. The molecule has 0 unspecified atom stereocenters. The highest BCUT2D eigenvalue weighted by atomic mass is 16.5. The number of hydrogen-bond acceptors (Lipinski definition) is 6. The van der Waals surface area contributed by atoms with Crippen LogP contribution in [0.1, 0.15) is 38.8 Å². The number of carbonyl (C=O) groups is 3. The van der Waals surface area contributed by atoms with Gasteiger partial charge in [-0.1, -0.05) is 42.0 Å². The minimum absolute atomic E-state index is 0.220. The van der Waals surface area contributed by atoms with Gasteiger partial charge in [-0.2, -0.15) is 0 Å².